The molecule has 1 rings (SSSR count). The molecule has 1 aromatic heterocycles. The molecule has 1 heterocycles. The van der Waals surface area contributed by atoms with Gasteiger partial charge in [0.15, 0.2) is 10.8 Å². The Morgan fingerprint density at radius 2 is 2.11 bits per heavy atom. The molecule has 0 aromatic carbocycles. The van der Waals surface area contributed by atoms with E-state index in [1.54, 1.807) is 12.3 Å². The summed E-state index contributed by atoms with van der Waals surface area (Å²) in [5, 5.41) is 7.81. The summed E-state index contributed by atoms with van der Waals surface area (Å²) in [5.41, 5.74) is -0.0110. The van der Waals surface area contributed by atoms with Crippen LogP contribution in [-0.2, 0) is 9.53 Å². The van der Waals surface area contributed by atoms with Crippen LogP contribution in [0.2, 0.25) is 0 Å². The van der Waals surface area contributed by atoms with Crippen LogP contribution < -0.4 is 10.6 Å². The summed E-state index contributed by atoms with van der Waals surface area (Å²) >= 11 is 1.26. The molecule has 0 saturated heterocycles. The van der Waals surface area contributed by atoms with Crippen LogP contribution in [0.1, 0.15) is 38.2 Å². The highest BCUT2D eigenvalue weighted by Gasteiger charge is 2.15. The molecule has 0 aliphatic carbocycles. The number of nitrogens with zero attached hydrogens (tertiary/aromatic N) is 1. The van der Waals surface area contributed by atoms with Gasteiger partial charge in [0.1, 0.15) is 0 Å². The van der Waals surface area contributed by atoms with Gasteiger partial charge in [0.2, 0.25) is 5.91 Å². The first-order valence-electron chi connectivity index (χ1n) is 5.99. The summed E-state index contributed by atoms with van der Waals surface area (Å²) in [4.78, 5) is 27.0. The smallest absolute Gasteiger partial charge is 0.357 e. The fourth-order valence-electron chi connectivity index (χ4n) is 1.27. The molecule has 0 radical (unpaired) electrons. The van der Waals surface area contributed by atoms with Gasteiger partial charge in [-0.05, 0) is 27.7 Å². The fourth-order valence-corrected chi connectivity index (χ4v) is 1.95. The zero-order chi connectivity index (χ0) is 14.5. The summed E-state index contributed by atoms with van der Waals surface area (Å²) < 4.78 is 4.83. The van der Waals surface area contributed by atoms with E-state index in [0.29, 0.717) is 11.7 Å². The third kappa shape index (κ3) is 5.69. The first kappa shape index (κ1) is 15.4. The fraction of sp³-hybridized carbons (Fsp3) is 0.583. The molecule has 0 fully saturated rings. The Balaban J connectivity index is 2.46. The van der Waals surface area contributed by atoms with Crippen molar-refractivity contribution in [2.75, 3.05) is 18.5 Å². The molecule has 2 N–H and O–H groups in total. The van der Waals surface area contributed by atoms with Crippen molar-refractivity contribution in [3.05, 3.63) is 11.1 Å². The minimum absolute atomic E-state index is 0.118. The van der Waals surface area contributed by atoms with E-state index in [-0.39, 0.29) is 23.7 Å². The van der Waals surface area contributed by atoms with Crippen LogP contribution in [-0.4, -0.2) is 35.6 Å². The largest absolute Gasteiger partial charge is 0.461 e. The zero-order valence-electron chi connectivity index (χ0n) is 11.6. The molecule has 6 nitrogen and oxygen atoms in total. The van der Waals surface area contributed by atoms with E-state index in [1.807, 2.05) is 20.8 Å². The zero-order valence-corrected chi connectivity index (χ0v) is 12.4. The topological polar surface area (TPSA) is 80.3 Å². The Bertz CT molecular complexity index is 451. The number of rotatable bonds is 5. The quantitative estimate of drug-likeness (QED) is 0.804. The second-order valence-corrected chi connectivity index (χ2v) is 5.77. The van der Waals surface area contributed by atoms with E-state index < -0.39 is 5.97 Å². The van der Waals surface area contributed by atoms with Crippen molar-refractivity contribution in [2.24, 2.45) is 0 Å². The lowest BCUT2D eigenvalue weighted by Crippen LogP contribution is -2.43. The molecule has 106 valence electrons. The third-order valence-electron chi connectivity index (χ3n) is 1.90. The van der Waals surface area contributed by atoms with Gasteiger partial charge in [-0.15, -0.1) is 11.3 Å². The number of aromatic nitrogens is 1. The predicted octanol–water partition coefficient (Wildman–Crippen LogP) is 1.65. The van der Waals surface area contributed by atoms with E-state index >= 15 is 0 Å². The van der Waals surface area contributed by atoms with Crippen LogP contribution in [0.15, 0.2) is 5.38 Å². The molecule has 0 unspecified atom stereocenters. The summed E-state index contributed by atoms with van der Waals surface area (Å²) in [7, 11) is 0. The number of hydrogen-bond donors (Lipinski definition) is 2. The highest BCUT2D eigenvalue weighted by Crippen LogP contribution is 2.15. The van der Waals surface area contributed by atoms with Gasteiger partial charge in [0, 0.05) is 10.9 Å². The Kier molecular flexibility index (Phi) is 5.29. The predicted molar refractivity (Wildman–Crippen MR) is 74.5 cm³/mol. The van der Waals surface area contributed by atoms with Crippen LogP contribution in [0.25, 0.3) is 0 Å². The highest BCUT2D eigenvalue weighted by atomic mass is 32.1. The minimum Gasteiger partial charge on any atom is -0.461 e. The number of carbonyl (C=O) groups excluding carboxylic acids is 2. The molecule has 0 bridgehead atoms. The molecule has 1 amide bonds. The molecule has 0 aliphatic rings. The molecule has 0 saturated carbocycles. The monoisotopic (exact) mass is 285 g/mol. The second-order valence-electron chi connectivity index (χ2n) is 4.91. The lowest BCUT2D eigenvalue weighted by atomic mass is 10.1. The van der Waals surface area contributed by atoms with Crippen LogP contribution in [0.3, 0.4) is 0 Å². The number of anilines is 1. The Morgan fingerprint density at radius 1 is 1.42 bits per heavy atom. The van der Waals surface area contributed by atoms with Crippen molar-refractivity contribution < 1.29 is 14.3 Å². The maximum Gasteiger partial charge on any atom is 0.357 e. The average Bonchev–Trinajstić information content (AvgIpc) is 2.73. The summed E-state index contributed by atoms with van der Waals surface area (Å²) in [5.74, 6) is -0.577. The van der Waals surface area contributed by atoms with Crippen LogP contribution in [0.5, 0.6) is 0 Å². The molecule has 0 spiro atoms. The van der Waals surface area contributed by atoms with Crippen molar-refractivity contribution in [1.82, 2.24) is 10.3 Å². The van der Waals surface area contributed by atoms with Gasteiger partial charge in [-0.3, -0.25) is 4.79 Å². The number of thiazole rings is 1. The first-order valence-corrected chi connectivity index (χ1v) is 6.87. The van der Waals surface area contributed by atoms with E-state index in [2.05, 4.69) is 15.6 Å². The van der Waals surface area contributed by atoms with E-state index in [9.17, 15) is 9.59 Å². The van der Waals surface area contributed by atoms with Crippen LogP contribution in [0, 0.1) is 0 Å². The molecule has 7 heteroatoms. The standard InChI is InChI=1S/C12H19N3O3S/c1-5-18-10(17)8-7-19-11(14-8)13-6-9(16)15-12(2,3)4/h7H,5-6H2,1-4H3,(H,13,14)(H,15,16). The Morgan fingerprint density at radius 3 is 2.68 bits per heavy atom. The number of amides is 1. The number of esters is 1. The second kappa shape index (κ2) is 6.51. The van der Waals surface area contributed by atoms with Crippen molar-refractivity contribution in [3.8, 4) is 0 Å². The molecule has 0 atom stereocenters. The lowest BCUT2D eigenvalue weighted by Gasteiger charge is -2.20. The van der Waals surface area contributed by atoms with Gasteiger partial charge >= 0.3 is 5.97 Å². The van der Waals surface area contributed by atoms with E-state index in [4.69, 9.17) is 4.74 Å². The number of hydrogen-bond acceptors (Lipinski definition) is 6. The summed E-state index contributed by atoms with van der Waals surface area (Å²) in [6, 6.07) is 0. The van der Waals surface area contributed by atoms with E-state index in [0.717, 1.165) is 0 Å². The van der Waals surface area contributed by atoms with Gasteiger partial charge in [0.05, 0.1) is 13.2 Å². The molecular weight excluding hydrogens is 266 g/mol. The van der Waals surface area contributed by atoms with Gasteiger partial charge < -0.3 is 15.4 Å². The average molecular weight is 285 g/mol. The molecule has 0 aliphatic heterocycles. The lowest BCUT2D eigenvalue weighted by molar-refractivity contribution is -0.120. The number of nitrogens with one attached hydrogen (secondary N) is 2. The van der Waals surface area contributed by atoms with Gasteiger partial charge in [-0.2, -0.15) is 0 Å². The molecule has 19 heavy (non-hydrogen) atoms. The normalized spacial score (nSPS) is 10.9. The van der Waals surface area contributed by atoms with E-state index in [1.165, 1.54) is 11.3 Å². The van der Waals surface area contributed by atoms with Crippen LogP contribution in [0.4, 0.5) is 5.13 Å². The van der Waals surface area contributed by atoms with Crippen LogP contribution >= 0.6 is 11.3 Å². The van der Waals surface area contributed by atoms with Gasteiger partial charge in [-0.25, -0.2) is 9.78 Å². The van der Waals surface area contributed by atoms with Crippen molar-refractivity contribution >= 4 is 28.3 Å². The first-order chi connectivity index (χ1) is 8.81. The maximum atomic E-state index is 11.6. The Hall–Kier alpha value is -1.63. The maximum absolute atomic E-state index is 11.6. The van der Waals surface area contributed by atoms with Gasteiger partial charge in [-0.1, -0.05) is 0 Å². The third-order valence-corrected chi connectivity index (χ3v) is 2.70. The summed E-state index contributed by atoms with van der Waals surface area (Å²) in [6.45, 7) is 7.90. The molecule has 1 aromatic rings. The number of carbonyl (C=O) groups is 2. The SMILES string of the molecule is CCOC(=O)c1csc(NCC(=O)NC(C)(C)C)n1. The summed E-state index contributed by atoms with van der Waals surface area (Å²) in [6.07, 6.45) is 0. The highest BCUT2D eigenvalue weighted by molar-refractivity contribution is 7.13. The minimum atomic E-state index is -0.453. The van der Waals surface area contributed by atoms with Crippen molar-refractivity contribution in [3.63, 3.8) is 0 Å². The Labute approximate surface area is 116 Å². The molecular formula is C12H19N3O3S. The van der Waals surface area contributed by atoms with Gasteiger partial charge in [0.25, 0.3) is 0 Å². The van der Waals surface area contributed by atoms with Crippen molar-refractivity contribution in [2.45, 2.75) is 33.2 Å². The number of ether oxygens (including phenoxy) is 1. The van der Waals surface area contributed by atoms with Crippen molar-refractivity contribution in [1.29, 1.82) is 0 Å².